The van der Waals surface area contributed by atoms with Crippen LogP contribution in [-0.4, -0.2) is 32.6 Å². The van der Waals surface area contributed by atoms with E-state index >= 15 is 0 Å². The van der Waals surface area contributed by atoms with Crippen LogP contribution < -0.4 is 5.32 Å². The number of carbonyl (C=O) groups excluding carboxylic acids is 1. The highest BCUT2D eigenvalue weighted by molar-refractivity contribution is 9.10. The fourth-order valence-electron chi connectivity index (χ4n) is 2.60. The van der Waals surface area contributed by atoms with Crippen LogP contribution >= 0.6 is 15.9 Å². The summed E-state index contributed by atoms with van der Waals surface area (Å²) >= 11 is 3.54. The van der Waals surface area contributed by atoms with E-state index in [4.69, 9.17) is 4.74 Å². The van der Waals surface area contributed by atoms with Gasteiger partial charge in [0.2, 0.25) is 0 Å². The van der Waals surface area contributed by atoms with Crippen molar-refractivity contribution in [2.75, 3.05) is 12.4 Å². The SMILES string of the molecule is COCn1cc(NC(=O)c2ccc(Cn3nc(C)c(Br)c3C)cc2)cn1. The monoisotopic (exact) mass is 417 g/mol. The molecule has 26 heavy (non-hydrogen) atoms. The molecule has 1 N–H and O–H groups in total. The van der Waals surface area contributed by atoms with Gasteiger partial charge in [-0.3, -0.25) is 9.48 Å². The highest BCUT2D eigenvalue weighted by Gasteiger charge is 2.10. The van der Waals surface area contributed by atoms with Gasteiger partial charge < -0.3 is 10.1 Å². The first-order valence-electron chi connectivity index (χ1n) is 8.09. The molecule has 0 unspecified atom stereocenters. The van der Waals surface area contributed by atoms with E-state index in [1.165, 1.54) is 0 Å². The molecule has 0 aliphatic rings. The van der Waals surface area contributed by atoms with Crippen LogP contribution in [0.3, 0.4) is 0 Å². The van der Waals surface area contributed by atoms with Gasteiger partial charge in [0.15, 0.2) is 0 Å². The van der Waals surface area contributed by atoms with Crippen LogP contribution in [0.25, 0.3) is 0 Å². The largest absolute Gasteiger partial charge is 0.362 e. The van der Waals surface area contributed by atoms with Crippen molar-refractivity contribution in [2.24, 2.45) is 0 Å². The Morgan fingerprint density at radius 2 is 2.00 bits per heavy atom. The highest BCUT2D eigenvalue weighted by atomic mass is 79.9. The fourth-order valence-corrected chi connectivity index (χ4v) is 2.88. The third-order valence-corrected chi connectivity index (χ3v) is 5.14. The van der Waals surface area contributed by atoms with Crippen LogP contribution in [0.2, 0.25) is 0 Å². The Labute approximate surface area is 160 Å². The third kappa shape index (κ3) is 4.03. The van der Waals surface area contributed by atoms with Crippen LogP contribution in [0.15, 0.2) is 41.1 Å². The number of halogens is 1. The first kappa shape index (κ1) is 18.3. The summed E-state index contributed by atoms with van der Waals surface area (Å²) < 4.78 is 9.56. The predicted octanol–water partition coefficient (Wildman–Crippen LogP) is 3.36. The number of nitrogens with one attached hydrogen (secondary N) is 1. The Kier molecular flexibility index (Phi) is 5.53. The minimum absolute atomic E-state index is 0.178. The topological polar surface area (TPSA) is 74.0 Å². The number of hydrogen-bond acceptors (Lipinski definition) is 4. The van der Waals surface area contributed by atoms with Crippen molar-refractivity contribution in [2.45, 2.75) is 27.1 Å². The molecule has 2 heterocycles. The van der Waals surface area contributed by atoms with E-state index < -0.39 is 0 Å². The predicted molar refractivity (Wildman–Crippen MR) is 102 cm³/mol. The summed E-state index contributed by atoms with van der Waals surface area (Å²) in [5.74, 6) is -0.178. The van der Waals surface area contributed by atoms with E-state index in [-0.39, 0.29) is 5.91 Å². The van der Waals surface area contributed by atoms with Gasteiger partial charge in [-0.2, -0.15) is 10.2 Å². The Morgan fingerprint density at radius 3 is 2.62 bits per heavy atom. The molecule has 0 aliphatic carbocycles. The molecule has 2 aromatic heterocycles. The number of ether oxygens (including phenoxy) is 1. The standard InChI is InChI=1S/C18H20BrN5O2/c1-12-17(19)13(2)24(22-12)9-14-4-6-15(7-5-14)18(25)21-16-8-20-23(10-16)11-26-3/h4-8,10H,9,11H2,1-3H3,(H,21,25). The van der Waals surface area contributed by atoms with E-state index in [9.17, 15) is 4.79 Å². The number of carbonyl (C=O) groups is 1. The van der Waals surface area contributed by atoms with Crippen molar-refractivity contribution >= 4 is 27.5 Å². The molecule has 3 rings (SSSR count). The van der Waals surface area contributed by atoms with Crippen molar-refractivity contribution in [1.29, 1.82) is 0 Å². The number of benzene rings is 1. The lowest BCUT2D eigenvalue weighted by Crippen LogP contribution is -2.12. The van der Waals surface area contributed by atoms with Gasteiger partial charge in [0.05, 0.1) is 40.5 Å². The van der Waals surface area contributed by atoms with Gasteiger partial charge in [-0.05, 0) is 47.5 Å². The zero-order valence-electron chi connectivity index (χ0n) is 14.9. The number of hydrogen-bond donors (Lipinski definition) is 1. The quantitative estimate of drug-likeness (QED) is 0.666. The average Bonchev–Trinajstić information content (AvgIpc) is 3.16. The van der Waals surface area contributed by atoms with E-state index in [2.05, 4.69) is 31.4 Å². The Morgan fingerprint density at radius 1 is 1.27 bits per heavy atom. The van der Waals surface area contributed by atoms with Crippen molar-refractivity contribution in [3.05, 3.63) is 63.6 Å². The maximum atomic E-state index is 12.3. The zero-order chi connectivity index (χ0) is 18.7. The van der Waals surface area contributed by atoms with E-state index in [0.29, 0.717) is 24.5 Å². The van der Waals surface area contributed by atoms with Gasteiger partial charge in [0.1, 0.15) is 6.73 Å². The smallest absolute Gasteiger partial charge is 0.255 e. The molecule has 8 heteroatoms. The van der Waals surface area contributed by atoms with Gasteiger partial charge >= 0.3 is 0 Å². The number of aromatic nitrogens is 4. The number of amides is 1. The van der Waals surface area contributed by atoms with Crippen molar-refractivity contribution < 1.29 is 9.53 Å². The van der Waals surface area contributed by atoms with Crippen LogP contribution in [0.1, 0.15) is 27.3 Å². The van der Waals surface area contributed by atoms with Gasteiger partial charge in [0.25, 0.3) is 5.91 Å². The molecular weight excluding hydrogens is 398 g/mol. The lowest BCUT2D eigenvalue weighted by atomic mass is 10.1. The molecule has 0 atom stereocenters. The summed E-state index contributed by atoms with van der Waals surface area (Å²) in [4.78, 5) is 12.3. The average molecular weight is 418 g/mol. The first-order valence-corrected chi connectivity index (χ1v) is 8.88. The molecule has 1 amide bonds. The second-order valence-electron chi connectivity index (χ2n) is 5.98. The van der Waals surface area contributed by atoms with Crippen LogP contribution in [0.4, 0.5) is 5.69 Å². The molecule has 0 aliphatic heterocycles. The number of aryl methyl sites for hydroxylation is 1. The van der Waals surface area contributed by atoms with Gasteiger partial charge in [-0.15, -0.1) is 0 Å². The highest BCUT2D eigenvalue weighted by Crippen LogP contribution is 2.20. The fraction of sp³-hybridized carbons (Fsp3) is 0.278. The van der Waals surface area contributed by atoms with Crippen molar-refractivity contribution in [1.82, 2.24) is 19.6 Å². The van der Waals surface area contributed by atoms with Crippen LogP contribution in [0.5, 0.6) is 0 Å². The van der Waals surface area contributed by atoms with E-state index in [1.807, 2.05) is 42.8 Å². The number of rotatable bonds is 6. The Bertz CT molecular complexity index is 914. The molecular formula is C18H20BrN5O2. The Balaban J connectivity index is 1.66. The molecule has 0 saturated carbocycles. The number of methoxy groups -OCH3 is 1. The second kappa shape index (κ2) is 7.84. The molecule has 136 valence electrons. The lowest BCUT2D eigenvalue weighted by Gasteiger charge is -2.07. The maximum absolute atomic E-state index is 12.3. The zero-order valence-corrected chi connectivity index (χ0v) is 16.4. The molecule has 3 aromatic rings. The second-order valence-corrected chi connectivity index (χ2v) is 6.77. The van der Waals surface area contributed by atoms with Gasteiger partial charge in [-0.1, -0.05) is 12.1 Å². The normalized spacial score (nSPS) is 10.9. The summed E-state index contributed by atoms with van der Waals surface area (Å²) in [5.41, 5.74) is 4.34. The van der Waals surface area contributed by atoms with Crippen LogP contribution in [0, 0.1) is 13.8 Å². The molecule has 0 spiro atoms. The summed E-state index contributed by atoms with van der Waals surface area (Å²) in [5, 5.41) is 11.4. The number of nitrogens with zero attached hydrogens (tertiary/aromatic N) is 4. The van der Waals surface area contributed by atoms with Gasteiger partial charge in [0, 0.05) is 12.7 Å². The molecule has 0 fully saturated rings. The maximum Gasteiger partial charge on any atom is 0.255 e. The third-order valence-electron chi connectivity index (χ3n) is 3.99. The number of anilines is 1. The van der Waals surface area contributed by atoms with Crippen molar-refractivity contribution in [3.8, 4) is 0 Å². The first-order chi connectivity index (χ1) is 12.5. The summed E-state index contributed by atoms with van der Waals surface area (Å²) in [7, 11) is 1.59. The van der Waals surface area contributed by atoms with E-state index in [1.54, 1.807) is 24.2 Å². The van der Waals surface area contributed by atoms with Crippen LogP contribution in [-0.2, 0) is 18.0 Å². The van der Waals surface area contributed by atoms with Crippen molar-refractivity contribution in [3.63, 3.8) is 0 Å². The minimum atomic E-state index is -0.178. The molecule has 0 saturated heterocycles. The molecule has 7 nitrogen and oxygen atoms in total. The molecule has 0 radical (unpaired) electrons. The van der Waals surface area contributed by atoms with E-state index in [0.717, 1.165) is 21.4 Å². The molecule has 1 aromatic carbocycles. The summed E-state index contributed by atoms with van der Waals surface area (Å²) in [6.07, 6.45) is 3.31. The van der Waals surface area contributed by atoms with Gasteiger partial charge in [-0.25, -0.2) is 4.68 Å². The molecule has 0 bridgehead atoms. The summed E-state index contributed by atoms with van der Waals surface area (Å²) in [6.45, 7) is 4.99. The lowest BCUT2D eigenvalue weighted by molar-refractivity contribution is 0.102. The Hall–Kier alpha value is -2.45. The summed E-state index contributed by atoms with van der Waals surface area (Å²) in [6, 6.07) is 7.50. The minimum Gasteiger partial charge on any atom is -0.362 e.